The minimum Gasteiger partial charge on any atom is -0.340 e. The zero-order valence-electron chi connectivity index (χ0n) is 11.0. The van der Waals surface area contributed by atoms with Crippen molar-refractivity contribution >= 4 is 29.1 Å². The van der Waals surface area contributed by atoms with E-state index in [-0.39, 0.29) is 0 Å². The fraction of sp³-hybridized carbons (Fsp3) is 0.231. The molecule has 2 aromatic rings. The first-order valence-corrected chi connectivity index (χ1v) is 7.23. The van der Waals surface area contributed by atoms with Gasteiger partial charge < -0.3 is 10.7 Å². The second-order valence-corrected chi connectivity index (χ2v) is 4.72. The molecule has 0 bridgehead atoms. The van der Waals surface area contributed by atoms with Gasteiger partial charge in [0.15, 0.2) is 5.16 Å². The van der Waals surface area contributed by atoms with Crippen LogP contribution in [0, 0.1) is 0 Å². The van der Waals surface area contributed by atoms with Crippen LogP contribution in [0.1, 0.15) is 12.5 Å². The normalized spacial score (nSPS) is 10.3. The van der Waals surface area contributed by atoms with E-state index >= 15 is 0 Å². The highest BCUT2D eigenvalue weighted by atomic mass is 32.2. The number of nitrogens with two attached hydrogens (primary N) is 1. The molecule has 1 heterocycles. The first-order valence-electron chi connectivity index (χ1n) is 6.00. The van der Waals surface area contributed by atoms with E-state index in [1.165, 1.54) is 17.3 Å². The van der Waals surface area contributed by atoms with Gasteiger partial charge in [0.1, 0.15) is 11.6 Å². The lowest BCUT2D eigenvalue weighted by molar-refractivity contribution is 0.971. The lowest BCUT2D eigenvalue weighted by atomic mass is 10.1. The number of aryl methyl sites for hydroxylation is 1. The summed E-state index contributed by atoms with van der Waals surface area (Å²) in [6, 6.07) is 10.0. The summed E-state index contributed by atoms with van der Waals surface area (Å²) < 4.78 is 0. The number of nitrogens with one attached hydrogen (secondary N) is 2. The molecule has 0 spiro atoms. The van der Waals surface area contributed by atoms with Crippen LogP contribution in [0.25, 0.3) is 0 Å². The Kier molecular flexibility index (Phi) is 4.59. The zero-order valence-corrected chi connectivity index (χ0v) is 11.8. The topological polar surface area (TPSA) is 75.9 Å². The van der Waals surface area contributed by atoms with Crippen LogP contribution in [-0.4, -0.2) is 16.2 Å². The monoisotopic (exact) mass is 275 g/mol. The van der Waals surface area contributed by atoms with Crippen LogP contribution >= 0.6 is 11.8 Å². The molecule has 1 aromatic carbocycles. The first-order chi connectivity index (χ1) is 9.25. The molecule has 0 saturated carbocycles. The molecule has 0 aliphatic rings. The maximum atomic E-state index is 5.40. The number of thioether (sulfide) groups is 1. The second-order valence-electron chi connectivity index (χ2n) is 3.94. The Morgan fingerprint density at radius 2 is 1.84 bits per heavy atom. The van der Waals surface area contributed by atoms with Crippen molar-refractivity contribution in [2.45, 2.75) is 18.5 Å². The molecule has 0 atom stereocenters. The highest BCUT2D eigenvalue weighted by Crippen LogP contribution is 2.20. The number of hydrazine groups is 1. The summed E-state index contributed by atoms with van der Waals surface area (Å²) >= 11 is 1.47. The number of hydrogen-bond acceptors (Lipinski definition) is 6. The van der Waals surface area contributed by atoms with E-state index in [1.54, 1.807) is 6.07 Å². The fourth-order valence-corrected chi connectivity index (χ4v) is 2.01. The predicted octanol–water partition coefficient (Wildman–Crippen LogP) is 2.79. The van der Waals surface area contributed by atoms with Crippen molar-refractivity contribution in [3.63, 3.8) is 0 Å². The van der Waals surface area contributed by atoms with Crippen molar-refractivity contribution in [2.75, 3.05) is 17.0 Å². The predicted molar refractivity (Wildman–Crippen MR) is 80.7 cm³/mol. The number of nitrogens with zero attached hydrogens (tertiary/aromatic N) is 2. The van der Waals surface area contributed by atoms with Crippen LogP contribution in [0.5, 0.6) is 0 Å². The van der Waals surface area contributed by atoms with Gasteiger partial charge >= 0.3 is 0 Å². The lowest BCUT2D eigenvalue weighted by Gasteiger charge is -2.09. The fourth-order valence-electron chi connectivity index (χ4n) is 1.63. The van der Waals surface area contributed by atoms with Gasteiger partial charge in [-0.3, -0.25) is 0 Å². The van der Waals surface area contributed by atoms with Crippen LogP contribution in [-0.2, 0) is 6.42 Å². The molecule has 19 heavy (non-hydrogen) atoms. The summed E-state index contributed by atoms with van der Waals surface area (Å²) in [6.07, 6.45) is 2.96. The largest absolute Gasteiger partial charge is 0.340 e. The average Bonchev–Trinajstić information content (AvgIpc) is 2.47. The maximum absolute atomic E-state index is 5.40. The zero-order chi connectivity index (χ0) is 13.7. The van der Waals surface area contributed by atoms with Crippen molar-refractivity contribution in [3.8, 4) is 0 Å². The highest BCUT2D eigenvalue weighted by molar-refractivity contribution is 7.98. The molecule has 2 rings (SSSR count). The van der Waals surface area contributed by atoms with Crippen LogP contribution < -0.4 is 16.6 Å². The van der Waals surface area contributed by atoms with Crippen LogP contribution in [0.4, 0.5) is 17.3 Å². The third kappa shape index (κ3) is 3.59. The summed E-state index contributed by atoms with van der Waals surface area (Å²) in [7, 11) is 0. The molecule has 0 radical (unpaired) electrons. The second kappa shape index (κ2) is 6.40. The molecular weight excluding hydrogens is 258 g/mol. The molecule has 0 saturated heterocycles. The molecule has 1 aromatic heterocycles. The van der Waals surface area contributed by atoms with Crippen molar-refractivity contribution in [3.05, 3.63) is 35.9 Å². The Morgan fingerprint density at radius 3 is 2.42 bits per heavy atom. The van der Waals surface area contributed by atoms with Gasteiger partial charge in [0.2, 0.25) is 0 Å². The summed E-state index contributed by atoms with van der Waals surface area (Å²) in [5.41, 5.74) is 4.84. The number of rotatable bonds is 5. The Balaban J connectivity index is 2.21. The maximum Gasteiger partial charge on any atom is 0.191 e. The summed E-state index contributed by atoms with van der Waals surface area (Å²) in [5.74, 6) is 6.71. The van der Waals surface area contributed by atoms with Gasteiger partial charge in [0.05, 0.1) is 0 Å². The molecule has 0 aliphatic carbocycles. The lowest BCUT2D eigenvalue weighted by Crippen LogP contribution is -2.10. The van der Waals surface area contributed by atoms with E-state index in [9.17, 15) is 0 Å². The van der Waals surface area contributed by atoms with Crippen molar-refractivity contribution in [1.82, 2.24) is 9.97 Å². The van der Waals surface area contributed by atoms with E-state index in [1.807, 2.05) is 18.4 Å². The van der Waals surface area contributed by atoms with Crippen LogP contribution in [0.15, 0.2) is 35.5 Å². The Labute approximate surface area is 117 Å². The van der Waals surface area contributed by atoms with Gasteiger partial charge in [0, 0.05) is 11.8 Å². The first kappa shape index (κ1) is 13.6. The molecule has 0 unspecified atom stereocenters. The highest BCUT2D eigenvalue weighted by Gasteiger charge is 2.03. The quantitative estimate of drug-likeness (QED) is 0.337. The Hall–Kier alpha value is -1.79. The Bertz CT molecular complexity index is 519. The van der Waals surface area contributed by atoms with E-state index in [0.717, 1.165) is 17.9 Å². The molecule has 5 nitrogen and oxygen atoms in total. The van der Waals surface area contributed by atoms with E-state index in [2.05, 4.69) is 39.8 Å². The molecule has 0 amide bonds. The molecule has 0 aliphatic heterocycles. The van der Waals surface area contributed by atoms with Gasteiger partial charge in [-0.05, 0) is 30.4 Å². The SMILES string of the molecule is CCc1ccc(Nc2cc(NN)nc(SC)n2)cc1. The molecule has 6 heteroatoms. The third-order valence-corrected chi connectivity index (χ3v) is 3.22. The minimum atomic E-state index is 0.590. The van der Waals surface area contributed by atoms with Gasteiger partial charge in [-0.25, -0.2) is 15.8 Å². The molecular formula is C13H17N5S. The van der Waals surface area contributed by atoms with Gasteiger partial charge in [-0.2, -0.15) is 0 Å². The number of nitrogen functional groups attached to an aromatic ring is 1. The number of benzene rings is 1. The standard InChI is InChI=1S/C13H17N5S/c1-3-9-4-6-10(7-5-9)15-11-8-12(18-14)17-13(16-11)19-2/h4-8H,3,14H2,1-2H3,(H2,15,16,17,18). The van der Waals surface area contributed by atoms with Gasteiger partial charge in [0.25, 0.3) is 0 Å². The van der Waals surface area contributed by atoms with Crippen LogP contribution in [0.2, 0.25) is 0 Å². The smallest absolute Gasteiger partial charge is 0.191 e. The van der Waals surface area contributed by atoms with Crippen molar-refractivity contribution in [2.24, 2.45) is 5.84 Å². The summed E-state index contributed by atoms with van der Waals surface area (Å²) in [4.78, 5) is 8.60. The van der Waals surface area contributed by atoms with Gasteiger partial charge in [-0.1, -0.05) is 30.8 Å². The minimum absolute atomic E-state index is 0.590. The van der Waals surface area contributed by atoms with E-state index < -0.39 is 0 Å². The number of aromatic nitrogens is 2. The average molecular weight is 275 g/mol. The number of anilines is 3. The van der Waals surface area contributed by atoms with Crippen molar-refractivity contribution in [1.29, 1.82) is 0 Å². The molecule has 4 N–H and O–H groups in total. The summed E-state index contributed by atoms with van der Waals surface area (Å²) in [6.45, 7) is 2.14. The van der Waals surface area contributed by atoms with Gasteiger partial charge in [-0.15, -0.1) is 0 Å². The Morgan fingerprint density at radius 1 is 1.16 bits per heavy atom. The summed E-state index contributed by atoms with van der Waals surface area (Å²) in [5, 5.41) is 3.91. The van der Waals surface area contributed by atoms with E-state index in [0.29, 0.717) is 11.0 Å². The van der Waals surface area contributed by atoms with Crippen LogP contribution in [0.3, 0.4) is 0 Å². The number of hydrogen-bond donors (Lipinski definition) is 3. The third-order valence-electron chi connectivity index (χ3n) is 2.67. The molecule has 0 fully saturated rings. The molecule has 100 valence electrons. The van der Waals surface area contributed by atoms with Crippen molar-refractivity contribution < 1.29 is 0 Å². The van der Waals surface area contributed by atoms with E-state index in [4.69, 9.17) is 5.84 Å².